The molecule has 5 unspecified atom stereocenters. The molecule has 0 aromatic rings. The third-order valence-electron chi connectivity index (χ3n) is 9.40. The van der Waals surface area contributed by atoms with Gasteiger partial charge in [0.2, 0.25) is 0 Å². The summed E-state index contributed by atoms with van der Waals surface area (Å²) in [6.07, 6.45) is 0.740. The molecule has 0 saturated carbocycles. The van der Waals surface area contributed by atoms with Crippen molar-refractivity contribution in [2.45, 2.75) is 92.4 Å². The highest BCUT2D eigenvalue weighted by Crippen LogP contribution is 2.34. The molecule has 0 spiro atoms. The molecule has 5 atom stereocenters. The minimum atomic E-state index is -1.04. The lowest BCUT2D eigenvalue weighted by atomic mass is 9.71. The number of carbonyl (C=O) groups excluding carboxylic acids is 1. The zero-order chi connectivity index (χ0) is 33.2. The van der Waals surface area contributed by atoms with Crippen LogP contribution >= 0.6 is 0 Å². The van der Waals surface area contributed by atoms with Crippen LogP contribution in [0, 0.1) is 17.3 Å². The monoisotopic (exact) mass is 614 g/mol. The van der Waals surface area contributed by atoms with Crippen molar-refractivity contribution in [1.82, 2.24) is 19.6 Å². The van der Waals surface area contributed by atoms with E-state index >= 15 is 0 Å². The van der Waals surface area contributed by atoms with Crippen LogP contribution in [0.1, 0.15) is 68.2 Å². The van der Waals surface area contributed by atoms with Gasteiger partial charge in [0, 0.05) is 63.7 Å². The Morgan fingerprint density at radius 3 is 1.09 bits per heavy atom. The molecule has 1 aliphatic rings. The summed E-state index contributed by atoms with van der Waals surface area (Å²) in [4.78, 5) is 68.0. The van der Waals surface area contributed by atoms with Crippen molar-refractivity contribution < 1.29 is 44.4 Å². The van der Waals surface area contributed by atoms with E-state index in [9.17, 15) is 44.4 Å². The van der Waals surface area contributed by atoms with Gasteiger partial charge in [0.15, 0.2) is 0 Å². The van der Waals surface area contributed by atoms with E-state index in [4.69, 9.17) is 0 Å². The van der Waals surface area contributed by atoms with E-state index in [-0.39, 0.29) is 76.4 Å². The van der Waals surface area contributed by atoms with Crippen molar-refractivity contribution in [3.8, 4) is 0 Å². The number of hydrogen-bond acceptors (Lipinski definition) is 9. The Hall–Kier alpha value is -2.61. The maximum absolute atomic E-state index is 12.8. The lowest BCUT2D eigenvalue weighted by molar-refractivity contribution is -0.147. The van der Waals surface area contributed by atoms with Gasteiger partial charge in [-0.25, -0.2) is 0 Å². The minimum Gasteiger partial charge on any atom is -0.480 e. The van der Waals surface area contributed by atoms with Gasteiger partial charge in [-0.1, -0.05) is 34.6 Å². The lowest BCUT2D eigenvalue weighted by Gasteiger charge is -2.39. The van der Waals surface area contributed by atoms with Gasteiger partial charge in [0.25, 0.3) is 0 Å². The first-order valence-corrected chi connectivity index (χ1v) is 15.2. The molecule has 0 radical (unpaired) electrons. The first-order chi connectivity index (χ1) is 19.8. The lowest BCUT2D eigenvalue weighted by Crippen LogP contribution is -2.55. The van der Waals surface area contributed by atoms with Crippen molar-refractivity contribution >= 4 is 29.7 Å². The predicted molar refractivity (Wildman–Crippen MR) is 161 cm³/mol. The van der Waals surface area contributed by atoms with Gasteiger partial charge in [-0.05, 0) is 39.5 Å². The molecule has 0 aliphatic carbocycles. The van der Waals surface area contributed by atoms with Crippen LogP contribution in [0.5, 0.6) is 0 Å². The summed E-state index contributed by atoms with van der Waals surface area (Å²) < 4.78 is 0. The van der Waals surface area contributed by atoms with Crippen LogP contribution < -0.4 is 0 Å². The van der Waals surface area contributed by atoms with Crippen LogP contribution in [-0.2, 0) is 24.0 Å². The normalized spacial score (nSPS) is 21.1. The van der Waals surface area contributed by atoms with E-state index in [1.54, 1.807) is 40.4 Å². The summed E-state index contributed by atoms with van der Waals surface area (Å²) >= 11 is 0. The number of rotatable bonds is 14. The number of carboxylic acid groups (broad SMARTS) is 4. The highest BCUT2D eigenvalue weighted by Gasteiger charge is 2.37. The Kier molecular flexibility index (Phi) is 15.2. The predicted octanol–water partition coefficient (Wildman–Crippen LogP) is 1.75. The smallest absolute Gasteiger partial charge is 0.320 e. The van der Waals surface area contributed by atoms with Crippen LogP contribution in [0.15, 0.2) is 0 Å². The van der Waals surface area contributed by atoms with Crippen molar-refractivity contribution in [2.24, 2.45) is 17.3 Å². The third-order valence-corrected chi connectivity index (χ3v) is 9.40. The molecule has 1 heterocycles. The van der Waals surface area contributed by atoms with E-state index in [1.807, 2.05) is 34.6 Å². The summed E-state index contributed by atoms with van der Waals surface area (Å²) in [5.41, 5.74) is -0.639. The number of carboxylic acids is 4. The van der Waals surface area contributed by atoms with Crippen molar-refractivity contribution in [3.05, 3.63) is 0 Å². The molecule has 4 N–H and O–H groups in total. The van der Waals surface area contributed by atoms with Gasteiger partial charge >= 0.3 is 23.9 Å². The van der Waals surface area contributed by atoms with E-state index < -0.39 is 53.5 Å². The van der Waals surface area contributed by atoms with Crippen LogP contribution in [0.4, 0.5) is 0 Å². The molecule has 0 bridgehead atoms. The second-order valence-electron chi connectivity index (χ2n) is 12.8. The first-order valence-electron chi connectivity index (χ1n) is 15.2. The van der Waals surface area contributed by atoms with E-state index in [0.29, 0.717) is 6.42 Å². The number of carbonyl (C=O) groups is 5. The molecule has 1 rings (SSSR count). The zero-order valence-electron chi connectivity index (χ0n) is 27.2. The topological polar surface area (TPSA) is 179 Å². The molecule has 0 aromatic heterocycles. The van der Waals surface area contributed by atoms with Gasteiger partial charge in [0.05, 0.1) is 0 Å². The van der Waals surface area contributed by atoms with Crippen molar-refractivity contribution in [3.63, 3.8) is 0 Å². The Morgan fingerprint density at radius 2 is 0.837 bits per heavy atom. The molecule has 43 heavy (non-hydrogen) atoms. The van der Waals surface area contributed by atoms with Gasteiger partial charge in [-0.2, -0.15) is 0 Å². The summed E-state index contributed by atoms with van der Waals surface area (Å²) in [6.45, 7) is 15.8. The second-order valence-corrected chi connectivity index (χ2v) is 12.8. The van der Waals surface area contributed by atoms with E-state index in [1.165, 1.54) is 0 Å². The van der Waals surface area contributed by atoms with Crippen LogP contribution in [0.25, 0.3) is 0 Å². The molecule has 1 aliphatic heterocycles. The number of hydrogen-bond donors (Lipinski definition) is 4. The Balaban J connectivity index is 3.38. The largest absolute Gasteiger partial charge is 0.480 e. The SMILES string of the molecule is CC(C)C(=O)C(C)(C)C(C)CCC(C(=O)O)N1CCN(C(C)C(=O)O)CCN(C(C)C(=O)O)CCN(C(C)C(=O)O)CC1. The molecule has 1 fully saturated rings. The standard InChI is InChI=1S/C30H54N4O9/c1-19(2)25(35)30(7,8)20(3)9-10-24(29(42)43)34-17-15-32(22(5)27(38)39)13-11-31(21(4)26(36)37)12-14-33(16-18-34)23(6)28(40)41/h19-24H,9-18H2,1-8H3,(H,36,37)(H,38,39)(H,40,41)(H,42,43). The highest BCUT2D eigenvalue weighted by molar-refractivity contribution is 5.86. The maximum atomic E-state index is 12.8. The number of Topliss-reactive ketones (excluding diaryl/α,β-unsaturated/α-hetero) is 1. The Morgan fingerprint density at radius 1 is 0.535 bits per heavy atom. The maximum Gasteiger partial charge on any atom is 0.320 e. The molecule has 13 nitrogen and oxygen atoms in total. The van der Waals surface area contributed by atoms with Crippen LogP contribution in [0.3, 0.4) is 0 Å². The van der Waals surface area contributed by atoms with Crippen LogP contribution in [0.2, 0.25) is 0 Å². The minimum absolute atomic E-state index is 0.0917. The number of aliphatic carboxylic acids is 4. The van der Waals surface area contributed by atoms with Gasteiger partial charge in [-0.3, -0.25) is 43.6 Å². The summed E-state index contributed by atoms with van der Waals surface area (Å²) in [7, 11) is 0. The number of nitrogens with zero attached hydrogens (tertiary/aromatic N) is 4. The van der Waals surface area contributed by atoms with Gasteiger partial charge in [0.1, 0.15) is 30.0 Å². The molecule has 0 aromatic carbocycles. The molecule has 1 saturated heterocycles. The molecular formula is C30H54N4O9. The summed E-state index contributed by atoms with van der Waals surface area (Å²) in [5, 5.41) is 39.5. The average molecular weight is 615 g/mol. The van der Waals surface area contributed by atoms with Crippen molar-refractivity contribution in [1.29, 1.82) is 0 Å². The van der Waals surface area contributed by atoms with Gasteiger partial charge < -0.3 is 20.4 Å². The zero-order valence-corrected chi connectivity index (χ0v) is 27.2. The Labute approximate surface area is 255 Å². The fourth-order valence-corrected chi connectivity index (χ4v) is 5.63. The van der Waals surface area contributed by atoms with E-state index in [0.717, 1.165) is 0 Å². The first kappa shape index (κ1) is 38.4. The highest BCUT2D eigenvalue weighted by atomic mass is 16.4. The second kappa shape index (κ2) is 17.0. The molecule has 0 amide bonds. The quantitative estimate of drug-likeness (QED) is 0.223. The van der Waals surface area contributed by atoms with E-state index in [2.05, 4.69) is 0 Å². The fraction of sp³-hybridized carbons (Fsp3) is 0.833. The number of ketones is 1. The molecule has 13 heteroatoms. The average Bonchev–Trinajstić information content (AvgIpc) is 2.92. The van der Waals surface area contributed by atoms with Crippen molar-refractivity contribution in [2.75, 3.05) is 52.4 Å². The Bertz CT molecular complexity index is 937. The van der Waals surface area contributed by atoms with Gasteiger partial charge in [-0.15, -0.1) is 0 Å². The fourth-order valence-electron chi connectivity index (χ4n) is 5.63. The van der Waals surface area contributed by atoms with Crippen LogP contribution in [-0.4, -0.2) is 146 Å². The molecular weight excluding hydrogens is 560 g/mol. The summed E-state index contributed by atoms with van der Waals surface area (Å²) in [5.74, 6) is -4.29. The summed E-state index contributed by atoms with van der Waals surface area (Å²) in [6, 6.07) is -3.57. The molecule has 248 valence electrons. The third kappa shape index (κ3) is 11.1.